The highest BCUT2D eigenvalue weighted by molar-refractivity contribution is 5.90. The summed E-state index contributed by atoms with van der Waals surface area (Å²) >= 11 is 0. The van der Waals surface area contributed by atoms with Crippen LogP contribution in [-0.2, 0) is 11.2 Å². The smallest absolute Gasteiger partial charge is 0.227 e. The van der Waals surface area contributed by atoms with Gasteiger partial charge in [-0.15, -0.1) is 0 Å². The van der Waals surface area contributed by atoms with Crippen molar-refractivity contribution < 1.29 is 9.32 Å². The number of aromatic nitrogens is 5. The highest BCUT2D eigenvalue weighted by Gasteiger charge is 2.12. The standard InChI is InChI=1S/C22H22N6O2/c1-15(2)16-3-5-17(6-4-16)22-26-21(30-27-22)10-9-20(29)25-18-7-8-19(24-13-18)28-12-11-23-14-28/h3-8,11-15H,9-10H2,1-2H3,(H,25,29). The van der Waals surface area contributed by atoms with Crippen molar-refractivity contribution in [2.45, 2.75) is 32.6 Å². The Morgan fingerprint density at radius 2 is 2.00 bits per heavy atom. The number of nitrogens with zero attached hydrogens (tertiary/aromatic N) is 5. The average Bonchev–Trinajstić information content (AvgIpc) is 3.45. The number of nitrogens with one attached hydrogen (secondary N) is 1. The average molecular weight is 402 g/mol. The molecule has 0 bridgehead atoms. The van der Waals surface area contributed by atoms with Gasteiger partial charge in [-0.2, -0.15) is 4.98 Å². The predicted octanol–water partition coefficient (Wildman–Crippen LogP) is 4.01. The van der Waals surface area contributed by atoms with Crippen molar-refractivity contribution >= 4 is 11.6 Å². The molecule has 3 aromatic heterocycles. The van der Waals surface area contributed by atoms with E-state index in [1.807, 2.05) is 18.2 Å². The normalized spacial score (nSPS) is 11.0. The van der Waals surface area contributed by atoms with Gasteiger partial charge in [0, 0.05) is 30.8 Å². The second-order valence-electron chi connectivity index (χ2n) is 7.21. The quantitative estimate of drug-likeness (QED) is 0.501. The molecule has 1 amide bonds. The number of carbonyl (C=O) groups excluding carboxylic acids is 1. The van der Waals surface area contributed by atoms with Crippen LogP contribution in [0, 0.1) is 0 Å². The molecular formula is C22H22N6O2. The minimum atomic E-state index is -0.145. The van der Waals surface area contributed by atoms with Gasteiger partial charge in [-0.25, -0.2) is 9.97 Å². The molecule has 0 aliphatic rings. The first-order valence-corrected chi connectivity index (χ1v) is 9.75. The van der Waals surface area contributed by atoms with Crippen molar-refractivity contribution in [2.24, 2.45) is 0 Å². The fraction of sp³-hybridized carbons (Fsp3) is 0.227. The topological polar surface area (TPSA) is 98.7 Å². The van der Waals surface area contributed by atoms with E-state index < -0.39 is 0 Å². The Kier molecular flexibility index (Phi) is 5.65. The zero-order valence-corrected chi connectivity index (χ0v) is 16.8. The molecule has 0 spiro atoms. The van der Waals surface area contributed by atoms with E-state index in [4.69, 9.17) is 4.52 Å². The Labute approximate surface area is 174 Å². The summed E-state index contributed by atoms with van der Waals surface area (Å²) in [6.45, 7) is 4.30. The minimum absolute atomic E-state index is 0.145. The van der Waals surface area contributed by atoms with Crippen molar-refractivity contribution in [3.8, 4) is 17.2 Å². The molecule has 3 heterocycles. The number of carbonyl (C=O) groups is 1. The van der Waals surface area contributed by atoms with Gasteiger partial charge in [0.05, 0.1) is 11.9 Å². The molecule has 8 heteroatoms. The number of anilines is 1. The van der Waals surface area contributed by atoms with Crippen LogP contribution in [0.1, 0.15) is 37.6 Å². The monoisotopic (exact) mass is 402 g/mol. The van der Waals surface area contributed by atoms with E-state index in [-0.39, 0.29) is 12.3 Å². The maximum Gasteiger partial charge on any atom is 0.227 e. The van der Waals surface area contributed by atoms with E-state index >= 15 is 0 Å². The van der Waals surface area contributed by atoms with Gasteiger partial charge in [0.15, 0.2) is 0 Å². The van der Waals surface area contributed by atoms with Gasteiger partial charge in [0.1, 0.15) is 12.1 Å². The number of benzene rings is 1. The summed E-state index contributed by atoms with van der Waals surface area (Å²) in [7, 11) is 0. The summed E-state index contributed by atoms with van der Waals surface area (Å²) in [5.41, 5.74) is 2.77. The number of rotatable bonds is 7. The van der Waals surface area contributed by atoms with Crippen molar-refractivity contribution in [1.82, 2.24) is 24.7 Å². The highest BCUT2D eigenvalue weighted by atomic mass is 16.5. The maximum absolute atomic E-state index is 12.2. The van der Waals surface area contributed by atoms with Crippen molar-refractivity contribution in [3.63, 3.8) is 0 Å². The minimum Gasteiger partial charge on any atom is -0.339 e. The SMILES string of the molecule is CC(C)c1ccc(-c2noc(CCC(=O)Nc3ccc(-n4ccnc4)nc3)n2)cc1. The molecule has 0 aliphatic carbocycles. The van der Waals surface area contributed by atoms with Gasteiger partial charge in [-0.1, -0.05) is 43.3 Å². The number of imidazole rings is 1. The fourth-order valence-electron chi connectivity index (χ4n) is 2.94. The van der Waals surface area contributed by atoms with Gasteiger partial charge in [-0.05, 0) is 23.6 Å². The molecular weight excluding hydrogens is 380 g/mol. The zero-order chi connectivity index (χ0) is 20.9. The molecule has 0 radical (unpaired) electrons. The highest BCUT2D eigenvalue weighted by Crippen LogP contribution is 2.21. The van der Waals surface area contributed by atoms with E-state index in [0.717, 1.165) is 11.4 Å². The number of pyridine rings is 1. The van der Waals surface area contributed by atoms with E-state index in [9.17, 15) is 4.79 Å². The lowest BCUT2D eigenvalue weighted by atomic mass is 10.0. The van der Waals surface area contributed by atoms with Gasteiger partial charge in [-0.3, -0.25) is 9.36 Å². The Hall–Kier alpha value is -3.81. The lowest BCUT2D eigenvalue weighted by Crippen LogP contribution is -2.12. The number of aryl methyl sites for hydroxylation is 1. The lowest BCUT2D eigenvalue weighted by Gasteiger charge is -2.05. The zero-order valence-electron chi connectivity index (χ0n) is 16.8. The fourth-order valence-corrected chi connectivity index (χ4v) is 2.94. The summed E-state index contributed by atoms with van der Waals surface area (Å²) in [5, 5.41) is 6.85. The van der Waals surface area contributed by atoms with Crippen LogP contribution in [0.5, 0.6) is 0 Å². The Balaban J connectivity index is 1.31. The summed E-state index contributed by atoms with van der Waals surface area (Å²) in [6.07, 6.45) is 7.36. The summed E-state index contributed by atoms with van der Waals surface area (Å²) in [5.74, 6) is 2.01. The van der Waals surface area contributed by atoms with E-state index in [0.29, 0.717) is 29.7 Å². The second kappa shape index (κ2) is 8.69. The summed E-state index contributed by atoms with van der Waals surface area (Å²) in [4.78, 5) is 24.9. The third kappa shape index (κ3) is 4.60. The van der Waals surface area contributed by atoms with Crippen LogP contribution in [0.15, 0.2) is 65.8 Å². The molecule has 0 atom stereocenters. The first kappa shape index (κ1) is 19.5. The molecule has 8 nitrogen and oxygen atoms in total. The molecule has 152 valence electrons. The van der Waals surface area contributed by atoms with E-state index in [1.54, 1.807) is 35.6 Å². The first-order valence-electron chi connectivity index (χ1n) is 9.75. The predicted molar refractivity (Wildman–Crippen MR) is 112 cm³/mol. The van der Waals surface area contributed by atoms with Crippen molar-refractivity contribution in [3.05, 3.63) is 72.8 Å². The van der Waals surface area contributed by atoms with Crippen LogP contribution < -0.4 is 5.32 Å². The lowest BCUT2D eigenvalue weighted by molar-refractivity contribution is -0.116. The molecule has 0 saturated carbocycles. The van der Waals surface area contributed by atoms with Crippen LogP contribution in [0.3, 0.4) is 0 Å². The van der Waals surface area contributed by atoms with Crippen LogP contribution in [0.4, 0.5) is 5.69 Å². The maximum atomic E-state index is 12.2. The van der Waals surface area contributed by atoms with Gasteiger partial charge < -0.3 is 9.84 Å². The number of amides is 1. The van der Waals surface area contributed by atoms with Crippen molar-refractivity contribution in [2.75, 3.05) is 5.32 Å². The van der Waals surface area contributed by atoms with Gasteiger partial charge in [0.2, 0.25) is 17.6 Å². The molecule has 1 aromatic carbocycles. The Bertz CT molecular complexity index is 1100. The van der Waals surface area contributed by atoms with Gasteiger partial charge in [0.25, 0.3) is 0 Å². The summed E-state index contributed by atoms with van der Waals surface area (Å²) in [6, 6.07) is 11.7. The number of hydrogen-bond acceptors (Lipinski definition) is 6. The molecule has 4 aromatic rings. The van der Waals surface area contributed by atoms with Gasteiger partial charge >= 0.3 is 0 Å². The molecule has 4 rings (SSSR count). The molecule has 0 fully saturated rings. The van der Waals surface area contributed by atoms with Crippen molar-refractivity contribution in [1.29, 1.82) is 0 Å². The Morgan fingerprint density at radius 1 is 1.17 bits per heavy atom. The van der Waals surface area contributed by atoms with Crippen LogP contribution >= 0.6 is 0 Å². The van der Waals surface area contributed by atoms with Crippen LogP contribution in [0.25, 0.3) is 17.2 Å². The molecule has 0 aliphatic heterocycles. The largest absolute Gasteiger partial charge is 0.339 e. The summed E-state index contributed by atoms with van der Waals surface area (Å²) < 4.78 is 7.08. The second-order valence-corrected chi connectivity index (χ2v) is 7.21. The molecule has 0 unspecified atom stereocenters. The third-order valence-electron chi connectivity index (χ3n) is 4.67. The van der Waals surface area contributed by atoms with E-state index in [2.05, 4.69) is 51.4 Å². The number of hydrogen-bond donors (Lipinski definition) is 1. The Morgan fingerprint density at radius 3 is 2.67 bits per heavy atom. The van der Waals surface area contributed by atoms with E-state index in [1.165, 1.54) is 5.56 Å². The molecule has 30 heavy (non-hydrogen) atoms. The first-order chi connectivity index (χ1) is 14.6. The van der Waals surface area contributed by atoms with Crippen LogP contribution in [0.2, 0.25) is 0 Å². The molecule has 0 saturated heterocycles. The third-order valence-corrected chi connectivity index (χ3v) is 4.67. The van der Waals surface area contributed by atoms with Crippen LogP contribution in [-0.4, -0.2) is 30.6 Å². The molecule has 1 N–H and O–H groups in total.